The van der Waals surface area contributed by atoms with Crippen molar-refractivity contribution in [2.24, 2.45) is 0 Å². The molecular formula is C31H50O4. The molecule has 0 heterocycles. The van der Waals surface area contributed by atoms with E-state index in [1.165, 1.54) is 76.0 Å². The molecule has 1 atom stereocenters. The summed E-state index contributed by atoms with van der Waals surface area (Å²) in [6.07, 6.45) is 16.0. The Hall–Kier alpha value is -1.62. The third-order valence-corrected chi connectivity index (χ3v) is 6.42. The molecule has 2 aromatic rings. The van der Waals surface area contributed by atoms with E-state index < -0.39 is 0 Å². The van der Waals surface area contributed by atoms with E-state index in [2.05, 4.69) is 49.4 Å². The Morgan fingerprint density at radius 1 is 0.600 bits per heavy atom. The van der Waals surface area contributed by atoms with E-state index >= 15 is 0 Å². The third-order valence-electron chi connectivity index (χ3n) is 6.42. The van der Waals surface area contributed by atoms with Crippen molar-refractivity contribution in [3.8, 4) is 5.75 Å². The van der Waals surface area contributed by atoms with Crippen LogP contribution in [-0.2, 0) is 14.2 Å². The van der Waals surface area contributed by atoms with E-state index in [-0.39, 0.29) is 6.10 Å². The molecule has 0 fully saturated rings. The number of rotatable bonds is 23. The van der Waals surface area contributed by atoms with Gasteiger partial charge in [-0.15, -0.1) is 0 Å². The smallest absolute Gasteiger partial charge is 0.127 e. The summed E-state index contributed by atoms with van der Waals surface area (Å²) in [7, 11) is 0. The third kappa shape index (κ3) is 13.9. The average Bonchev–Trinajstić information content (AvgIpc) is 2.88. The van der Waals surface area contributed by atoms with Crippen molar-refractivity contribution in [1.82, 2.24) is 0 Å². The Kier molecular flexibility index (Phi) is 17.4. The number of hydrogen-bond donors (Lipinski definition) is 0. The summed E-state index contributed by atoms with van der Waals surface area (Å²) in [6.45, 7) is 8.03. The van der Waals surface area contributed by atoms with E-state index in [4.69, 9.17) is 18.9 Å². The fourth-order valence-corrected chi connectivity index (χ4v) is 4.39. The van der Waals surface area contributed by atoms with Gasteiger partial charge < -0.3 is 18.9 Å². The minimum atomic E-state index is 0.0581. The Balaban J connectivity index is 1.70. The molecule has 0 amide bonds. The second-order valence-corrected chi connectivity index (χ2v) is 9.43. The molecule has 4 heteroatoms. The van der Waals surface area contributed by atoms with Gasteiger partial charge in [0.05, 0.1) is 33.0 Å². The van der Waals surface area contributed by atoms with Gasteiger partial charge in [0, 0.05) is 12.0 Å². The van der Waals surface area contributed by atoms with Gasteiger partial charge in [-0.3, -0.25) is 0 Å². The molecule has 0 saturated heterocycles. The van der Waals surface area contributed by atoms with Crippen LogP contribution in [0.25, 0.3) is 10.8 Å². The first-order valence-electron chi connectivity index (χ1n) is 14.2. The molecule has 0 bridgehead atoms. The maximum atomic E-state index is 6.49. The molecule has 0 N–H and O–H groups in total. The van der Waals surface area contributed by atoms with Crippen molar-refractivity contribution >= 4 is 10.8 Å². The molecule has 0 aliphatic rings. The molecule has 35 heavy (non-hydrogen) atoms. The maximum Gasteiger partial charge on any atom is 0.127 e. The van der Waals surface area contributed by atoms with E-state index in [1.54, 1.807) is 0 Å². The van der Waals surface area contributed by atoms with Crippen LogP contribution in [0.2, 0.25) is 0 Å². The monoisotopic (exact) mass is 486 g/mol. The van der Waals surface area contributed by atoms with Crippen LogP contribution in [0.1, 0.15) is 90.9 Å². The summed E-state index contributed by atoms with van der Waals surface area (Å²) in [6, 6.07) is 14.7. The van der Waals surface area contributed by atoms with Gasteiger partial charge in [-0.05, 0) is 31.2 Å². The highest BCUT2D eigenvalue weighted by molar-refractivity contribution is 5.88. The van der Waals surface area contributed by atoms with Crippen LogP contribution in [0.5, 0.6) is 5.75 Å². The van der Waals surface area contributed by atoms with Gasteiger partial charge in [0.15, 0.2) is 0 Å². The van der Waals surface area contributed by atoms with Gasteiger partial charge in [0.2, 0.25) is 0 Å². The predicted molar refractivity (Wildman–Crippen MR) is 148 cm³/mol. The van der Waals surface area contributed by atoms with Crippen molar-refractivity contribution in [2.75, 3.05) is 39.6 Å². The SMILES string of the molecule is CCCCCCCCCCCCCC(COCCOCCOCC)Oc1cccc2ccccc12. The van der Waals surface area contributed by atoms with Gasteiger partial charge in [-0.1, -0.05) is 108 Å². The van der Waals surface area contributed by atoms with Crippen LogP contribution in [0.3, 0.4) is 0 Å². The number of fused-ring (bicyclic) bond motifs is 1. The van der Waals surface area contributed by atoms with Crippen molar-refractivity contribution in [1.29, 1.82) is 0 Å². The Morgan fingerprint density at radius 3 is 1.91 bits per heavy atom. The zero-order valence-electron chi connectivity index (χ0n) is 22.5. The standard InChI is InChI=1S/C31H50O4/c1-3-5-6-7-8-9-10-11-12-13-14-20-29(27-34-26-25-33-24-23-32-4-2)35-31-22-17-19-28-18-15-16-21-30(28)31/h15-19,21-22,29H,3-14,20,23-27H2,1-2H3. The summed E-state index contributed by atoms with van der Waals surface area (Å²) < 4.78 is 23.3. The quantitative estimate of drug-likeness (QED) is 0.148. The fraction of sp³-hybridized carbons (Fsp3) is 0.677. The Bertz CT molecular complexity index is 742. The highest BCUT2D eigenvalue weighted by Crippen LogP contribution is 2.27. The zero-order valence-corrected chi connectivity index (χ0v) is 22.5. The highest BCUT2D eigenvalue weighted by atomic mass is 16.6. The number of ether oxygens (including phenoxy) is 4. The van der Waals surface area contributed by atoms with Crippen LogP contribution < -0.4 is 4.74 Å². The fourth-order valence-electron chi connectivity index (χ4n) is 4.39. The average molecular weight is 487 g/mol. The molecule has 2 rings (SSSR count). The molecule has 0 saturated carbocycles. The number of unbranched alkanes of at least 4 members (excludes halogenated alkanes) is 10. The van der Waals surface area contributed by atoms with Gasteiger partial charge in [0.1, 0.15) is 11.9 Å². The molecule has 0 radical (unpaired) electrons. The van der Waals surface area contributed by atoms with Crippen molar-refractivity contribution in [3.05, 3.63) is 42.5 Å². The first kappa shape index (κ1) is 29.6. The lowest BCUT2D eigenvalue weighted by Crippen LogP contribution is -2.24. The maximum absolute atomic E-state index is 6.49. The Labute approximate surface area is 214 Å². The van der Waals surface area contributed by atoms with Crippen LogP contribution in [0.15, 0.2) is 42.5 Å². The molecular weight excluding hydrogens is 436 g/mol. The Morgan fingerprint density at radius 2 is 1.20 bits per heavy atom. The van der Waals surface area contributed by atoms with Crippen LogP contribution in [0, 0.1) is 0 Å². The molecule has 0 aromatic heterocycles. The van der Waals surface area contributed by atoms with E-state index in [0.717, 1.165) is 24.2 Å². The summed E-state index contributed by atoms with van der Waals surface area (Å²) in [4.78, 5) is 0. The molecule has 1 unspecified atom stereocenters. The van der Waals surface area contributed by atoms with Crippen LogP contribution in [-0.4, -0.2) is 45.7 Å². The molecule has 2 aromatic carbocycles. The molecule has 0 aliphatic carbocycles. The second-order valence-electron chi connectivity index (χ2n) is 9.43. The first-order valence-corrected chi connectivity index (χ1v) is 14.2. The lowest BCUT2D eigenvalue weighted by molar-refractivity contribution is -0.00489. The van der Waals surface area contributed by atoms with E-state index in [1.807, 2.05) is 6.92 Å². The van der Waals surface area contributed by atoms with Gasteiger partial charge in [0.25, 0.3) is 0 Å². The minimum absolute atomic E-state index is 0.0581. The lowest BCUT2D eigenvalue weighted by atomic mass is 10.0. The normalized spacial score (nSPS) is 12.3. The zero-order chi connectivity index (χ0) is 24.8. The van der Waals surface area contributed by atoms with E-state index in [0.29, 0.717) is 33.0 Å². The van der Waals surface area contributed by atoms with E-state index in [9.17, 15) is 0 Å². The first-order chi connectivity index (χ1) is 17.3. The largest absolute Gasteiger partial charge is 0.487 e. The van der Waals surface area contributed by atoms with Crippen LogP contribution in [0.4, 0.5) is 0 Å². The predicted octanol–water partition coefficient (Wildman–Crippen LogP) is 8.36. The number of benzene rings is 2. The van der Waals surface area contributed by atoms with Crippen molar-refractivity contribution in [3.63, 3.8) is 0 Å². The molecule has 0 aliphatic heterocycles. The summed E-state index contributed by atoms with van der Waals surface area (Å²) >= 11 is 0. The van der Waals surface area contributed by atoms with Gasteiger partial charge in [-0.25, -0.2) is 0 Å². The molecule has 198 valence electrons. The summed E-state index contributed by atoms with van der Waals surface area (Å²) in [5.41, 5.74) is 0. The van der Waals surface area contributed by atoms with Crippen LogP contribution >= 0.6 is 0 Å². The second kappa shape index (κ2) is 20.6. The number of hydrogen-bond acceptors (Lipinski definition) is 4. The van der Waals surface area contributed by atoms with Gasteiger partial charge in [-0.2, -0.15) is 0 Å². The van der Waals surface area contributed by atoms with Gasteiger partial charge >= 0.3 is 0 Å². The topological polar surface area (TPSA) is 36.9 Å². The molecule has 0 spiro atoms. The highest BCUT2D eigenvalue weighted by Gasteiger charge is 2.13. The minimum Gasteiger partial charge on any atom is -0.487 e. The summed E-state index contributed by atoms with van der Waals surface area (Å²) in [5, 5.41) is 2.38. The summed E-state index contributed by atoms with van der Waals surface area (Å²) in [5.74, 6) is 0.952. The van der Waals surface area contributed by atoms with Crippen molar-refractivity contribution < 1.29 is 18.9 Å². The molecule has 4 nitrogen and oxygen atoms in total. The van der Waals surface area contributed by atoms with Crippen molar-refractivity contribution in [2.45, 2.75) is 97.0 Å². The lowest BCUT2D eigenvalue weighted by Gasteiger charge is -2.20.